The van der Waals surface area contributed by atoms with Gasteiger partial charge < -0.3 is 4.57 Å². The number of aryl methyl sites for hydroxylation is 1. The van der Waals surface area contributed by atoms with E-state index in [0.717, 1.165) is 11.8 Å². The SMILES string of the molecule is C[C@@H](N[S@@](=O)C(C)(C)C)c1ccc(-c2nc(C(F)(F)F)cn2C)cc1. The van der Waals surface area contributed by atoms with Gasteiger partial charge in [-0.2, -0.15) is 13.2 Å². The monoisotopic (exact) mass is 373 g/mol. The van der Waals surface area contributed by atoms with Crippen molar-refractivity contribution in [3.05, 3.63) is 41.7 Å². The molecule has 0 radical (unpaired) electrons. The fraction of sp³-hybridized carbons (Fsp3) is 0.471. The number of nitrogens with zero attached hydrogens (tertiary/aromatic N) is 2. The molecule has 0 fully saturated rings. The van der Waals surface area contributed by atoms with Crippen molar-refractivity contribution < 1.29 is 17.4 Å². The van der Waals surface area contributed by atoms with Crippen molar-refractivity contribution in [1.82, 2.24) is 14.3 Å². The van der Waals surface area contributed by atoms with Crippen LogP contribution in [0.4, 0.5) is 13.2 Å². The van der Waals surface area contributed by atoms with Crippen molar-refractivity contribution >= 4 is 11.0 Å². The number of aromatic nitrogens is 2. The molecule has 0 aliphatic rings. The average molecular weight is 373 g/mol. The molecule has 0 bridgehead atoms. The molecule has 0 unspecified atom stereocenters. The zero-order valence-electron chi connectivity index (χ0n) is 14.8. The van der Waals surface area contributed by atoms with E-state index in [-0.39, 0.29) is 16.6 Å². The van der Waals surface area contributed by atoms with Crippen LogP contribution in [0.25, 0.3) is 11.4 Å². The van der Waals surface area contributed by atoms with Gasteiger partial charge in [-0.3, -0.25) is 0 Å². The molecule has 0 spiro atoms. The molecule has 1 aromatic carbocycles. The van der Waals surface area contributed by atoms with Crippen molar-refractivity contribution in [3.8, 4) is 11.4 Å². The summed E-state index contributed by atoms with van der Waals surface area (Å²) in [5, 5.41) is 0. The smallest absolute Gasteiger partial charge is 0.333 e. The van der Waals surface area contributed by atoms with E-state index in [1.165, 1.54) is 11.6 Å². The second-order valence-corrected chi connectivity index (χ2v) is 8.90. The van der Waals surface area contributed by atoms with Crippen LogP contribution in [0, 0.1) is 0 Å². The Hall–Kier alpha value is -1.67. The molecule has 138 valence electrons. The summed E-state index contributed by atoms with van der Waals surface area (Å²) >= 11 is 0. The Labute approximate surface area is 148 Å². The number of imidazole rings is 1. The van der Waals surface area contributed by atoms with E-state index in [1.54, 1.807) is 24.3 Å². The Morgan fingerprint density at radius 3 is 2.16 bits per heavy atom. The van der Waals surface area contributed by atoms with E-state index < -0.39 is 22.9 Å². The highest BCUT2D eigenvalue weighted by atomic mass is 32.2. The molecule has 0 saturated heterocycles. The minimum absolute atomic E-state index is 0.152. The first-order chi connectivity index (χ1) is 11.4. The van der Waals surface area contributed by atoms with Gasteiger partial charge in [0.15, 0.2) is 5.69 Å². The van der Waals surface area contributed by atoms with Gasteiger partial charge in [0, 0.05) is 24.8 Å². The van der Waals surface area contributed by atoms with Crippen molar-refractivity contribution in [2.75, 3.05) is 0 Å². The molecule has 1 N–H and O–H groups in total. The molecule has 1 aromatic heterocycles. The molecular formula is C17H22F3N3OS. The summed E-state index contributed by atoms with van der Waals surface area (Å²) in [4.78, 5) is 3.68. The minimum atomic E-state index is -4.47. The van der Waals surface area contributed by atoms with Crippen LogP contribution in [0.5, 0.6) is 0 Å². The summed E-state index contributed by atoms with van der Waals surface area (Å²) in [6.45, 7) is 7.53. The van der Waals surface area contributed by atoms with E-state index in [0.29, 0.717) is 5.56 Å². The van der Waals surface area contributed by atoms with Crippen LogP contribution in [-0.2, 0) is 24.2 Å². The molecule has 0 aliphatic carbocycles. The van der Waals surface area contributed by atoms with Crippen LogP contribution in [0.1, 0.15) is 45.0 Å². The number of hydrogen-bond donors (Lipinski definition) is 1. The Balaban J connectivity index is 2.20. The molecular weight excluding hydrogens is 351 g/mol. The minimum Gasteiger partial charge on any atom is -0.333 e. The van der Waals surface area contributed by atoms with Gasteiger partial charge in [0.25, 0.3) is 0 Å². The van der Waals surface area contributed by atoms with Crippen LogP contribution in [0.2, 0.25) is 0 Å². The van der Waals surface area contributed by atoms with Crippen molar-refractivity contribution in [2.24, 2.45) is 7.05 Å². The van der Waals surface area contributed by atoms with Crippen LogP contribution in [0.3, 0.4) is 0 Å². The van der Waals surface area contributed by atoms with Gasteiger partial charge in [-0.05, 0) is 33.3 Å². The number of alkyl halides is 3. The van der Waals surface area contributed by atoms with Gasteiger partial charge in [0.05, 0.1) is 15.7 Å². The highest BCUT2D eigenvalue weighted by Gasteiger charge is 2.34. The molecule has 4 nitrogen and oxygen atoms in total. The van der Waals surface area contributed by atoms with Gasteiger partial charge in [0.1, 0.15) is 5.82 Å². The van der Waals surface area contributed by atoms with E-state index in [2.05, 4.69) is 9.71 Å². The lowest BCUT2D eigenvalue weighted by atomic mass is 10.1. The predicted molar refractivity (Wildman–Crippen MR) is 93.1 cm³/mol. The first-order valence-electron chi connectivity index (χ1n) is 7.78. The first-order valence-corrected chi connectivity index (χ1v) is 8.93. The second-order valence-electron chi connectivity index (χ2n) is 6.90. The Kier molecular flexibility index (Phi) is 5.44. The van der Waals surface area contributed by atoms with E-state index in [9.17, 15) is 17.4 Å². The predicted octanol–water partition coefficient (Wildman–Crippen LogP) is 4.22. The summed E-state index contributed by atoms with van der Waals surface area (Å²) in [5.41, 5.74) is 0.571. The van der Waals surface area contributed by atoms with Gasteiger partial charge >= 0.3 is 6.18 Å². The van der Waals surface area contributed by atoms with Crippen LogP contribution in [-0.4, -0.2) is 18.5 Å². The van der Waals surface area contributed by atoms with Gasteiger partial charge in [-0.15, -0.1) is 0 Å². The normalized spacial score (nSPS) is 15.2. The number of rotatable bonds is 4. The Bertz CT molecular complexity index is 761. The van der Waals surface area contributed by atoms with Crippen LogP contribution >= 0.6 is 0 Å². The lowest BCUT2D eigenvalue weighted by Gasteiger charge is -2.22. The largest absolute Gasteiger partial charge is 0.434 e. The van der Waals surface area contributed by atoms with Gasteiger partial charge in [-0.25, -0.2) is 13.9 Å². The van der Waals surface area contributed by atoms with Gasteiger partial charge in [0.2, 0.25) is 0 Å². The third-order valence-electron chi connectivity index (χ3n) is 3.68. The molecule has 1 heterocycles. The molecule has 2 aromatic rings. The quantitative estimate of drug-likeness (QED) is 0.872. The zero-order valence-corrected chi connectivity index (χ0v) is 15.6. The summed E-state index contributed by atoms with van der Waals surface area (Å²) in [6.07, 6.45) is -3.49. The third kappa shape index (κ3) is 4.70. The molecule has 2 rings (SSSR count). The standard InChI is InChI=1S/C17H22F3N3OS/c1-11(22-25(24)16(2,3)4)12-6-8-13(9-7-12)15-21-14(10-23(15)5)17(18,19)20/h6-11,22H,1-5H3/t11-,25+/m1/s1. The average Bonchev–Trinajstić information content (AvgIpc) is 2.88. The summed E-state index contributed by atoms with van der Waals surface area (Å²) in [7, 11) is 0.319. The first kappa shape index (κ1) is 19.7. The van der Waals surface area contributed by atoms with Crippen LogP contribution in [0.15, 0.2) is 30.5 Å². The third-order valence-corrected chi connectivity index (χ3v) is 5.36. The lowest BCUT2D eigenvalue weighted by Crippen LogP contribution is -2.34. The maximum atomic E-state index is 12.8. The fourth-order valence-corrected chi connectivity index (χ4v) is 3.01. The number of hydrogen-bond acceptors (Lipinski definition) is 2. The lowest BCUT2D eigenvalue weighted by molar-refractivity contribution is -0.140. The van der Waals surface area contributed by atoms with Crippen molar-refractivity contribution in [1.29, 1.82) is 0 Å². The Morgan fingerprint density at radius 2 is 1.72 bits per heavy atom. The number of halogens is 3. The van der Waals surface area contributed by atoms with E-state index >= 15 is 0 Å². The summed E-state index contributed by atoms with van der Waals surface area (Å²) in [5.74, 6) is 0.248. The van der Waals surface area contributed by atoms with Gasteiger partial charge in [-0.1, -0.05) is 24.3 Å². The maximum absolute atomic E-state index is 12.8. The molecule has 0 saturated carbocycles. The van der Waals surface area contributed by atoms with Crippen molar-refractivity contribution in [2.45, 2.75) is 44.7 Å². The van der Waals surface area contributed by atoms with Crippen LogP contribution < -0.4 is 4.72 Å². The number of benzene rings is 1. The zero-order chi connectivity index (χ0) is 19.0. The molecule has 25 heavy (non-hydrogen) atoms. The highest BCUT2D eigenvalue weighted by molar-refractivity contribution is 7.84. The van der Waals surface area contributed by atoms with E-state index in [4.69, 9.17) is 0 Å². The molecule has 0 amide bonds. The topological polar surface area (TPSA) is 46.9 Å². The van der Waals surface area contributed by atoms with E-state index in [1.807, 2.05) is 27.7 Å². The molecule has 0 aliphatic heterocycles. The summed E-state index contributed by atoms with van der Waals surface area (Å²) in [6, 6.07) is 6.89. The summed E-state index contributed by atoms with van der Waals surface area (Å²) < 4.78 is 54.5. The van der Waals surface area contributed by atoms with Crippen molar-refractivity contribution in [3.63, 3.8) is 0 Å². The fourth-order valence-electron chi connectivity index (χ4n) is 2.20. The molecule has 2 atom stereocenters. The highest BCUT2D eigenvalue weighted by Crippen LogP contribution is 2.31. The Morgan fingerprint density at radius 1 is 1.16 bits per heavy atom. The molecule has 8 heteroatoms. The number of nitrogens with one attached hydrogen (secondary N) is 1. The second kappa shape index (κ2) is 6.92. The maximum Gasteiger partial charge on any atom is 0.434 e.